The highest BCUT2D eigenvalue weighted by atomic mass is 32.1. The zero-order valence-electron chi connectivity index (χ0n) is 11.3. The number of hydrogen-bond donors (Lipinski definition) is 2. The number of fused-ring (bicyclic) bond motifs is 1. The molecule has 5 heteroatoms. The van der Waals surface area contributed by atoms with E-state index in [1.807, 2.05) is 12.1 Å². The normalized spacial score (nSPS) is 11.7. The molecule has 0 amide bonds. The Morgan fingerprint density at radius 1 is 1.20 bits per heavy atom. The third-order valence-electron chi connectivity index (χ3n) is 3.09. The predicted molar refractivity (Wildman–Crippen MR) is 78.5 cm³/mol. The Balaban J connectivity index is 2.28. The van der Waals surface area contributed by atoms with Gasteiger partial charge in [0.05, 0.1) is 6.42 Å². The molecule has 1 aromatic heterocycles. The number of rotatable bonds is 5. The van der Waals surface area contributed by atoms with Crippen molar-refractivity contribution in [2.24, 2.45) is 5.41 Å². The van der Waals surface area contributed by atoms with Crippen molar-refractivity contribution >= 4 is 33.2 Å². The summed E-state index contributed by atoms with van der Waals surface area (Å²) in [7, 11) is 0. The molecule has 1 aromatic carbocycles. The molecule has 0 bridgehead atoms. The topological polar surface area (TPSA) is 74.6 Å². The van der Waals surface area contributed by atoms with E-state index in [4.69, 9.17) is 5.11 Å². The standard InChI is InChI=1S/C15H16O4S/c1-15(2,8-12(17)18)7-10(16)14-13(19)9-5-3-4-6-11(9)20-14/h3-6,19H,7-8H2,1-2H3,(H,17,18). The van der Waals surface area contributed by atoms with E-state index in [0.29, 0.717) is 10.3 Å². The first-order valence-electron chi connectivity index (χ1n) is 6.26. The van der Waals surface area contributed by atoms with E-state index >= 15 is 0 Å². The molecule has 0 saturated carbocycles. The van der Waals surface area contributed by atoms with E-state index < -0.39 is 11.4 Å². The van der Waals surface area contributed by atoms with Crippen LogP contribution in [0.5, 0.6) is 5.75 Å². The molecule has 0 spiro atoms. The zero-order valence-corrected chi connectivity index (χ0v) is 12.2. The second-order valence-corrected chi connectivity index (χ2v) is 6.66. The molecular formula is C15H16O4S. The van der Waals surface area contributed by atoms with Crippen molar-refractivity contribution in [2.45, 2.75) is 26.7 Å². The molecule has 0 radical (unpaired) electrons. The highest BCUT2D eigenvalue weighted by molar-refractivity contribution is 7.21. The van der Waals surface area contributed by atoms with E-state index in [9.17, 15) is 14.7 Å². The lowest BCUT2D eigenvalue weighted by Gasteiger charge is -2.20. The Hall–Kier alpha value is -1.88. The number of carboxylic acids is 1. The van der Waals surface area contributed by atoms with Crippen molar-refractivity contribution in [1.29, 1.82) is 0 Å². The first-order valence-corrected chi connectivity index (χ1v) is 7.07. The van der Waals surface area contributed by atoms with Crippen molar-refractivity contribution in [3.05, 3.63) is 29.1 Å². The van der Waals surface area contributed by atoms with Crippen LogP contribution < -0.4 is 0 Å². The van der Waals surface area contributed by atoms with Gasteiger partial charge in [-0.25, -0.2) is 0 Å². The Morgan fingerprint density at radius 3 is 2.45 bits per heavy atom. The second-order valence-electron chi connectivity index (χ2n) is 5.61. The summed E-state index contributed by atoms with van der Waals surface area (Å²) in [4.78, 5) is 23.4. The number of aliphatic carboxylic acids is 1. The summed E-state index contributed by atoms with van der Waals surface area (Å²) in [5.41, 5.74) is -0.633. The summed E-state index contributed by atoms with van der Waals surface area (Å²) in [6, 6.07) is 7.26. The molecule has 0 saturated heterocycles. The van der Waals surface area contributed by atoms with Crippen molar-refractivity contribution in [3.63, 3.8) is 0 Å². The SMILES string of the molecule is CC(C)(CC(=O)O)CC(=O)c1sc2ccccc2c1O. The van der Waals surface area contributed by atoms with Crippen LogP contribution in [0.4, 0.5) is 0 Å². The first-order chi connectivity index (χ1) is 9.30. The van der Waals surface area contributed by atoms with Gasteiger partial charge in [0.25, 0.3) is 0 Å². The molecule has 0 aliphatic heterocycles. The van der Waals surface area contributed by atoms with Crippen LogP contribution in [0.15, 0.2) is 24.3 Å². The van der Waals surface area contributed by atoms with Gasteiger partial charge in [-0.05, 0) is 17.5 Å². The van der Waals surface area contributed by atoms with Gasteiger partial charge in [0, 0.05) is 16.5 Å². The Labute approximate surface area is 120 Å². The maximum atomic E-state index is 12.3. The number of aromatic hydroxyl groups is 1. The molecule has 2 aromatic rings. The molecular weight excluding hydrogens is 276 g/mol. The number of ketones is 1. The van der Waals surface area contributed by atoms with Crippen LogP contribution in [0.1, 0.15) is 36.4 Å². The van der Waals surface area contributed by atoms with Gasteiger partial charge in [-0.15, -0.1) is 11.3 Å². The van der Waals surface area contributed by atoms with Crippen LogP contribution in [-0.2, 0) is 4.79 Å². The van der Waals surface area contributed by atoms with Crippen LogP contribution in [0, 0.1) is 5.41 Å². The van der Waals surface area contributed by atoms with E-state index in [1.165, 1.54) is 11.3 Å². The third-order valence-corrected chi connectivity index (χ3v) is 4.29. The molecule has 4 nitrogen and oxygen atoms in total. The van der Waals surface area contributed by atoms with Gasteiger partial charge in [0.1, 0.15) is 10.6 Å². The lowest BCUT2D eigenvalue weighted by molar-refractivity contribution is -0.139. The van der Waals surface area contributed by atoms with E-state index in [0.717, 1.165) is 4.70 Å². The fraction of sp³-hybridized carbons (Fsp3) is 0.333. The molecule has 2 N–H and O–H groups in total. The fourth-order valence-corrected chi connectivity index (χ4v) is 3.24. The number of carbonyl (C=O) groups is 2. The second kappa shape index (κ2) is 5.25. The van der Waals surface area contributed by atoms with Crippen molar-refractivity contribution in [1.82, 2.24) is 0 Å². The van der Waals surface area contributed by atoms with Gasteiger partial charge in [0.15, 0.2) is 5.78 Å². The molecule has 0 fully saturated rings. The first kappa shape index (κ1) is 14.5. The monoisotopic (exact) mass is 292 g/mol. The summed E-state index contributed by atoms with van der Waals surface area (Å²) in [6.45, 7) is 3.48. The molecule has 0 unspecified atom stereocenters. The van der Waals surface area contributed by atoms with Gasteiger partial charge in [0.2, 0.25) is 0 Å². The molecule has 0 aliphatic rings. The number of carbonyl (C=O) groups excluding carboxylic acids is 1. The van der Waals surface area contributed by atoms with Gasteiger partial charge in [-0.3, -0.25) is 9.59 Å². The minimum absolute atomic E-state index is 0.00160. The largest absolute Gasteiger partial charge is 0.506 e. The Kier molecular flexibility index (Phi) is 3.81. The summed E-state index contributed by atoms with van der Waals surface area (Å²) in [5, 5.41) is 19.6. The third kappa shape index (κ3) is 2.99. The van der Waals surface area contributed by atoms with Gasteiger partial charge >= 0.3 is 5.97 Å². The summed E-state index contributed by atoms with van der Waals surface area (Å²) in [5.74, 6) is -1.14. The van der Waals surface area contributed by atoms with E-state index in [2.05, 4.69) is 0 Å². The molecule has 1 heterocycles. The Morgan fingerprint density at radius 2 is 1.85 bits per heavy atom. The van der Waals surface area contributed by atoms with E-state index in [-0.39, 0.29) is 24.4 Å². The number of thiophene rings is 1. The van der Waals surface area contributed by atoms with Gasteiger partial charge in [-0.1, -0.05) is 26.0 Å². The fourth-order valence-electron chi connectivity index (χ4n) is 2.21. The zero-order chi connectivity index (χ0) is 14.9. The minimum atomic E-state index is -0.927. The van der Waals surface area contributed by atoms with Crippen LogP contribution in [0.2, 0.25) is 0 Å². The van der Waals surface area contributed by atoms with Crippen molar-refractivity contribution in [3.8, 4) is 5.75 Å². The number of carboxylic acid groups (broad SMARTS) is 1. The molecule has 2 rings (SSSR count). The van der Waals surface area contributed by atoms with E-state index in [1.54, 1.807) is 26.0 Å². The summed E-state index contributed by atoms with van der Waals surface area (Å²) >= 11 is 1.24. The maximum Gasteiger partial charge on any atom is 0.303 e. The quantitative estimate of drug-likeness (QED) is 0.824. The highest BCUT2D eigenvalue weighted by Crippen LogP contribution is 2.39. The van der Waals surface area contributed by atoms with Crippen LogP contribution >= 0.6 is 11.3 Å². The maximum absolute atomic E-state index is 12.3. The average molecular weight is 292 g/mol. The van der Waals surface area contributed by atoms with Crippen LogP contribution in [0.3, 0.4) is 0 Å². The average Bonchev–Trinajstić information content (AvgIpc) is 2.65. The van der Waals surface area contributed by atoms with Crippen molar-refractivity contribution < 1.29 is 19.8 Å². The lowest BCUT2D eigenvalue weighted by atomic mass is 9.83. The smallest absolute Gasteiger partial charge is 0.303 e. The minimum Gasteiger partial charge on any atom is -0.506 e. The number of benzene rings is 1. The number of hydrogen-bond acceptors (Lipinski definition) is 4. The van der Waals surface area contributed by atoms with Gasteiger partial charge < -0.3 is 10.2 Å². The summed E-state index contributed by atoms with van der Waals surface area (Å²) < 4.78 is 0.851. The lowest BCUT2D eigenvalue weighted by Crippen LogP contribution is -2.20. The molecule has 20 heavy (non-hydrogen) atoms. The summed E-state index contributed by atoms with van der Waals surface area (Å²) in [6.07, 6.45) is 0.0179. The predicted octanol–water partition coefficient (Wildman–Crippen LogP) is 3.68. The number of Topliss-reactive ketones (excluding diaryl/α,β-unsaturated/α-hetero) is 1. The Bertz CT molecular complexity index is 670. The van der Waals surface area contributed by atoms with Crippen molar-refractivity contribution in [2.75, 3.05) is 0 Å². The van der Waals surface area contributed by atoms with Crippen LogP contribution in [-0.4, -0.2) is 22.0 Å². The molecule has 0 atom stereocenters. The molecule has 0 aliphatic carbocycles. The van der Waals surface area contributed by atoms with Crippen LogP contribution in [0.25, 0.3) is 10.1 Å². The highest BCUT2D eigenvalue weighted by Gasteiger charge is 2.28. The van der Waals surface area contributed by atoms with Gasteiger partial charge in [-0.2, -0.15) is 0 Å². The molecule has 106 valence electrons.